The molecule has 110 valence electrons. The van der Waals surface area contributed by atoms with Crippen molar-refractivity contribution in [3.63, 3.8) is 0 Å². The van der Waals surface area contributed by atoms with Gasteiger partial charge in [0, 0.05) is 33.0 Å². The summed E-state index contributed by atoms with van der Waals surface area (Å²) in [6, 6.07) is 3.34. The summed E-state index contributed by atoms with van der Waals surface area (Å²) in [5.41, 5.74) is 0.841. The average Bonchev–Trinajstić information content (AvgIpc) is 2.90. The van der Waals surface area contributed by atoms with Crippen molar-refractivity contribution in [1.29, 1.82) is 0 Å². The number of carbonyl (C=O) groups is 2. The average molecular weight is 351 g/mol. The van der Waals surface area contributed by atoms with Crippen LogP contribution in [0.3, 0.4) is 0 Å². The minimum absolute atomic E-state index is 0.155. The van der Waals surface area contributed by atoms with E-state index in [1.165, 1.54) is 4.90 Å². The molecule has 1 amide bonds. The molecule has 0 N–H and O–H groups in total. The smallest absolute Gasteiger partial charge is 0.274 e. The van der Waals surface area contributed by atoms with E-state index >= 15 is 0 Å². The van der Waals surface area contributed by atoms with Crippen LogP contribution >= 0.6 is 15.9 Å². The highest BCUT2D eigenvalue weighted by molar-refractivity contribution is 9.10. The number of halogens is 1. The van der Waals surface area contributed by atoms with E-state index in [-0.39, 0.29) is 22.9 Å². The second-order valence-electron chi connectivity index (χ2n) is 4.62. The lowest BCUT2D eigenvalue weighted by Crippen LogP contribution is -2.24. The Morgan fingerprint density at radius 1 is 1.33 bits per heavy atom. The summed E-state index contributed by atoms with van der Waals surface area (Å²) in [4.78, 5) is 30.3. The van der Waals surface area contributed by atoms with Crippen LogP contribution in [0.5, 0.6) is 0 Å². The molecule has 2 rings (SSSR count). The summed E-state index contributed by atoms with van der Waals surface area (Å²) < 4.78 is 2.02. The Morgan fingerprint density at radius 3 is 2.62 bits per heavy atom. The molecular formula is C14H15BrN4O2. The highest BCUT2D eigenvalue weighted by atomic mass is 79.9. The second-order valence-corrected chi connectivity index (χ2v) is 5.37. The van der Waals surface area contributed by atoms with Crippen molar-refractivity contribution in [2.75, 3.05) is 14.1 Å². The van der Waals surface area contributed by atoms with E-state index in [0.29, 0.717) is 16.7 Å². The van der Waals surface area contributed by atoms with Gasteiger partial charge < -0.3 is 4.90 Å². The first kappa shape index (κ1) is 15.4. The van der Waals surface area contributed by atoms with Crippen LogP contribution in [-0.2, 0) is 6.54 Å². The Bertz CT molecular complexity index is 694. The summed E-state index contributed by atoms with van der Waals surface area (Å²) >= 11 is 3.25. The van der Waals surface area contributed by atoms with E-state index in [1.807, 2.05) is 6.92 Å². The number of nitrogens with zero attached hydrogens (tertiary/aromatic N) is 4. The van der Waals surface area contributed by atoms with E-state index in [1.54, 1.807) is 43.3 Å². The molecule has 6 nitrogen and oxygen atoms in total. The van der Waals surface area contributed by atoms with Gasteiger partial charge in [0.2, 0.25) is 0 Å². The fourth-order valence-corrected chi connectivity index (χ4v) is 2.25. The van der Waals surface area contributed by atoms with Crippen molar-refractivity contribution in [3.05, 3.63) is 46.0 Å². The van der Waals surface area contributed by atoms with Crippen LogP contribution in [-0.4, -0.2) is 45.5 Å². The molecule has 0 fully saturated rings. The van der Waals surface area contributed by atoms with Crippen molar-refractivity contribution < 1.29 is 9.59 Å². The van der Waals surface area contributed by atoms with Gasteiger partial charge >= 0.3 is 0 Å². The standard InChI is InChI=1S/C14H15BrN4O2/c1-4-19-8-10(11(17-19)14(21)18(2)3)12(20)9-6-5-7-16-13(9)15/h5-8H,4H2,1-3H3. The summed E-state index contributed by atoms with van der Waals surface area (Å²) in [7, 11) is 3.25. The van der Waals surface area contributed by atoms with Crippen LogP contribution in [0.25, 0.3) is 0 Å². The van der Waals surface area contributed by atoms with Crippen LogP contribution in [0.1, 0.15) is 33.3 Å². The van der Waals surface area contributed by atoms with Gasteiger partial charge in [0.1, 0.15) is 4.60 Å². The van der Waals surface area contributed by atoms with E-state index < -0.39 is 0 Å². The number of pyridine rings is 1. The number of carbonyl (C=O) groups excluding carboxylic acids is 2. The number of rotatable bonds is 4. The summed E-state index contributed by atoms with van der Waals surface area (Å²) in [5.74, 6) is -0.578. The molecule has 0 bridgehead atoms. The Morgan fingerprint density at radius 2 is 2.05 bits per heavy atom. The minimum atomic E-state index is -0.300. The zero-order chi connectivity index (χ0) is 15.6. The lowest BCUT2D eigenvalue weighted by Gasteiger charge is -2.09. The number of hydrogen-bond donors (Lipinski definition) is 0. The van der Waals surface area contributed by atoms with Crippen LogP contribution < -0.4 is 0 Å². The zero-order valence-electron chi connectivity index (χ0n) is 12.0. The number of hydrogen-bond acceptors (Lipinski definition) is 4. The van der Waals surface area contributed by atoms with Gasteiger partial charge in [0.15, 0.2) is 11.5 Å². The quantitative estimate of drug-likeness (QED) is 0.624. The van der Waals surface area contributed by atoms with Gasteiger partial charge in [-0.05, 0) is 35.0 Å². The predicted molar refractivity (Wildman–Crippen MR) is 81.3 cm³/mol. The fourth-order valence-electron chi connectivity index (χ4n) is 1.82. The van der Waals surface area contributed by atoms with Gasteiger partial charge in [0.25, 0.3) is 5.91 Å². The zero-order valence-corrected chi connectivity index (χ0v) is 13.6. The fraction of sp³-hybridized carbons (Fsp3) is 0.286. The highest BCUT2D eigenvalue weighted by Gasteiger charge is 2.25. The van der Waals surface area contributed by atoms with Gasteiger partial charge in [-0.3, -0.25) is 14.3 Å². The summed E-state index contributed by atoms with van der Waals surface area (Å²) in [6.45, 7) is 2.47. The maximum absolute atomic E-state index is 12.7. The summed E-state index contributed by atoms with van der Waals surface area (Å²) in [5, 5.41) is 4.20. The maximum Gasteiger partial charge on any atom is 0.274 e. The van der Waals surface area contributed by atoms with Crippen molar-refractivity contribution in [3.8, 4) is 0 Å². The van der Waals surface area contributed by atoms with E-state index in [2.05, 4.69) is 26.0 Å². The third kappa shape index (κ3) is 3.02. The van der Waals surface area contributed by atoms with Crippen molar-refractivity contribution in [1.82, 2.24) is 19.7 Å². The summed E-state index contributed by atoms with van der Waals surface area (Å²) in [6.07, 6.45) is 3.18. The third-order valence-corrected chi connectivity index (χ3v) is 3.57. The molecule has 7 heteroatoms. The van der Waals surface area contributed by atoms with Gasteiger partial charge in [-0.15, -0.1) is 0 Å². The molecule has 21 heavy (non-hydrogen) atoms. The molecule has 0 saturated heterocycles. The molecule has 0 spiro atoms. The monoisotopic (exact) mass is 350 g/mol. The maximum atomic E-state index is 12.7. The first-order valence-electron chi connectivity index (χ1n) is 6.40. The Balaban J connectivity index is 2.53. The minimum Gasteiger partial charge on any atom is -0.343 e. The Hall–Kier alpha value is -2.02. The van der Waals surface area contributed by atoms with Gasteiger partial charge in [-0.2, -0.15) is 5.10 Å². The molecule has 0 radical (unpaired) electrons. The number of aryl methyl sites for hydroxylation is 1. The van der Waals surface area contributed by atoms with Crippen molar-refractivity contribution in [2.24, 2.45) is 0 Å². The van der Waals surface area contributed by atoms with Crippen molar-refractivity contribution >= 4 is 27.6 Å². The number of aromatic nitrogens is 3. The van der Waals surface area contributed by atoms with Gasteiger partial charge in [-0.1, -0.05) is 0 Å². The molecule has 0 unspecified atom stereocenters. The van der Waals surface area contributed by atoms with E-state index in [0.717, 1.165) is 0 Å². The normalized spacial score (nSPS) is 10.5. The molecule has 2 aromatic heterocycles. The lowest BCUT2D eigenvalue weighted by molar-refractivity contribution is 0.0816. The molecule has 2 aromatic rings. The van der Waals surface area contributed by atoms with Crippen LogP contribution in [0.4, 0.5) is 0 Å². The number of ketones is 1. The SMILES string of the molecule is CCn1cc(C(=O)c2cccnc2Br)c(C(=O)N(C)C)n1. The largest absolute Gasteiger partial charge is 0.343 e. The molecule has 0 aliphatic rings. The highest BCUT2D eigenvalue weighted by Crippen LogP contribution is 2.20. The molecule has 0 aliphatic heterocycles. The third-order valence-electron chi connectivity index (χ3n) is 2.94. The molecule has 0 atom stereocenters. The van der Waals surface area contributed by atoms with Crippen molar-refractivity contribution in [2.45, 2.75) is 13.5 Å². The molecule has 0 aromatic carbocycles. The molecule has 0 saturated carbocycles. The molecule has 0 aliphatic carbocycles. The molecule has 2 heterocycles. The Kier molecular flexibility index (Phi) is 4.52. The van der Waals surface area contributed by atoms with Gasteiger partial charge in [0.05, 0.1) is 11.1 Å². The van der Waals surface area contributed by atoms with Gasteiger partial charge in [-0.25, -0.2) is 4.98 Å². The van der Waals surface area contributed by atoms with Crippen LogP contribution in [0, 0.1) is 0 Å². The van der Waals surface area contributed by atoms with E-state index in [4.69, 9.17) is 0 Å². The molecular weight excluding hydrogens is 336 g/mol. The Labute approximate surface area is 130 Å². The second kappa shape index (κ2) is 6.17. The first-order valence-corrected chi connectivity index (χ1v) is 7.19. The topological polar surface area (TPSA) is 68.1 Å². The lowest BCUT2D eigenvalue weighted by atomic mass is 10.1. The first-order chi connectivity index (χ1) is 9.95. The number of amides is 1. The van der Waals surface area contributed by atoms with Crippen LogP contribution in [0.2, 0.25) is 0 Å². The van der Waals surface area contributed by atoms with Crippen LogP contribution in [0.15, 0.2) is 29.1 Å². The predicted octanol–water partition coefficient (Wildman–Crippen LogP) is 1.99. The van der Waals surface area contributed by atoms with E-state index in [9.17, 15) is 9.59 Å².